The van der Waals surface area contributed by atoms with Gasteiger partial charge in [0.25, 0.3) is 0 Å². The van der Waals surface area contributed by atoms with Crippen LogP contribution in [0.4, 0.5) is 0 Å². The molecule has 0 unspecified atom stereocenters. The van der Waals surface area contributed by atoms with Crippen molar-refractivity contribution in [2.24, 2.45) is 0 Å². The van der Waals surface area contributed by atoms with Crippen LogP contribution >= 0.6 is 34.0 Å². The SMILES string of the molecule is Br.Br.CCC1=[C]([Hf])CC=C1. The van der Waals surface area contributed by atoms with E-state index in [9.17, 15) is 0 Å². The summed E-state index contributed by atoms with van der Waals surface area (Å²) in [6.07, 6.45) is 7.01. The molecule has 0 bridgehead atoms. The van der Waals surface area contributed by atoms with E-state index in [-0.39, 0.29) is 34.0 Å². The van der Waals surface area contributed by atoms with Crippen molar-refractivity contribution in [1.29, 1.82) is 0 Å². The van der Waals surface area contributed by atoms with Crippen LogP contribution in [0.5, 0.6) is 0 Å². The Kier molecular flexibility index (Phi) is 9.69. The van der Waals surface area contributed by atoms with Gasteiger partial charge in [0, 0.05) is 0 Å². The molecular weight excluding hydrogens is 422 g/mol. The Balaban J connectivity index is 0. The van der Waals surface area contributed by atoms with Gasteiger partial charge in [-0.15, -0.1) is 34.0 Å². The molecule has 1 aliphatic rings. The standard InChI is InChI=1S/C7H9.2BrH.Hf/c1-2-7-5-3-4-6-7;;;/h3,5H,2,4H2,1H3;2*1H;. The third-order valence-electron chi connectivity index (χ3n) is 1.41. The van der Waals surface area contributed by atoms with Crippen molar-refractivity contribution < 1.29 is 24.4 Å². The van der Waals surface area contributed by atoms with Crippen molar-refractivity contribution in [3.05, 3.63) is 21.1 Å². The van der Waals surface area contributed by atoms with Crippen LogP contribution in [0.2, 0.25) is 0 Å². The van der Waals surface area contributed by atoms with Crippen molar-refractivity contribution >= 4 is 34.0 Å². The summed E-state index contributed by atoms with van der Waals surface area (Å²) in [6, 6.07) is 0. The quantitative estimate of drug-likeness (QED) is 0.557. The first-order valence-electron chi connectivity index (χ1n) is 2.94. The van der Waals surface area contributed by atoms with E-state index in [1.807, 2.05) is 0 Å². The Labute approximate surface area is 98.3 Å². The molecule has 1 rings (SSSR count). The number of rotatable bonds is 1. The Hall–Kier alpha value is 1.31. The molecule has 0 aromatic heterocycles. The van der Waals surface area contributed by atoms with Gasteiger partial charge in [-0.1, -0.05) is 0 Å². The minimum atomic E-state index is 0. The van der Waals surface area contributed by atoms with Crippen molar-refractivity contribution in [1.82, 2.24) is 0 Å². The normalized spacial score (nSPS) is 14.4. The van der Waals surface area contributed by atoms with Gasteiger partial charge >= 0.3 is 65.2 Å². The Morgan fingerprint density at radius 2 is 2.10 bits per heavy atom. The van der Waals surface area contributed by atoms with Crippen molar-refractivity contribution in [2.45, 2.75) is 19.8 Å². The van der Waals surface area contributed by atoms with Crippen molar-refractivity contribution in [3.63, 3.8) is 0 Å². The number of halogens is 2. The zero-order valence-corrected chi connectivity index (χ0v) is 12.9. The summed E-state index contributed by atoms with van der Waals surface area (Å²) in [4.78, 5) is 0. The fourth-order valence-corrected chi connectivity index (χ4v) is 2.24. The molecule has 0 fully saturated rings. The van der Waals surface area contributed by atoms with Crippen LogP contribution in [0.1, 0.15) is 19.8 Å². The predicted octanol–water partition coefficient (Wildman–Crippen LogP) is 3.31. The van der Waals surface area contributed by atoms with Crippen LogP contribution < -0.4 is 0 Å². The summed E-state index contributed by atoms with van der Waals surface area (Å²) >= 11 is 1.26. The second kappa shape index (κ2) is 6.99. The van der Waals surface area contributed by atoms with Gasteiger partial charge in [-0.2, -0.15) is 0 Å². The predicted molar refractivity (Wildman–Crippen MR) is 51.7 cm³/mol. The summed E-state index contributed by atoms with van der Waals surface area (Å²) in [5.41, 5.74) is 1.59. The molecule has 0 aromatic rings. The van der Waals surface area contributed by atoms with Crippen LogP contribution in [0.15, 0.2) is 21.1 Å². The van der Waals surface area contributed by atoms with E-state index in [0.29, 0.717) is 0 Å². The molecule has 57 valence electrons. The molecule has 3 heteroatoms. The maximum atomic E-state index is 2.27. The molecule has 0 aromatic carbocycles. The van der Waals surface area contributed by atoms with E-state index in [2.05, 4.69) is 19.1 Å². The summed E-state index contributed by atoms with van der Waals surface area (Å²) in [7, 11) is 0. The minimum absolute atomic E-state index is 0. The molecule has 0 N–H and O–H groups in total. The van der Waals surface area contributed by atoms with Gasteiger partial charge in [0.15, 0.2) is 0 Å². The van der Waals surface area contributed by atoms with E-state index in [1.165, 1.54) is 37.2 Å². The molecule has 0 heterocycles. The summed E-state index contributed by atoms with van der Waals surface area (Å²) in [5.74, 6) is 0. The van der Waals surface area contributed by atoms with Gasteiger partial charge in [-0.05, 0) is 0 Å². The topological polar surface area (TPSA) is 0 Å². The van der Waals surface area contributed by atoms with Gasteiger partial charge in [0.05, 0.1) is 0 Å². The molecule has 0 aliphatic heterocycles. The molecule has 0 radical (unpaired) electrons. The van der Waals surface area contributed by atoms with E-state index in [4.69, 9.17) is 0 Å². The van der Waals surface area contributed by atoms with E-state index < -0.39 is 0 Å². The molecule has 0 atom stereocenters. The first kappa shape index (κ1) is 13.9. The van der Waals surface area contributed by atoms with Gasteiger partial charge in [0.2, 0.25) is 0 Å². The molecule has 0 amide bonds. The van der Waals surface area contributed by atoms with Crippen LogP contribution in [0.25, 0.3) is 0 Å². The number of hydrogen-bond donors (Lipinski definition) is 0. The van der Waals surface area contributed by atoms with Crippen LogP contribution in [0, 0.1) is 0 Å². The van der Waals surface area contributed by atoms with E-state index in [1.54, 1.807) is 8.90 Å². The number of allylic oxidation sites excluding steroid dienone is 4. The second-order valence-electron chi connectivity index (χ2n) is 1.96. The molecule has 10 heavy (non-hydrogen) atoms. The third kappa shape index (κ3) is 3.63. The summed E-state index contributed by atoms with van der Waals surface area (Å²) in [5, 5.41) is 0. The van der Waals surface area contributed by atoms with E-state index in [0.717, 1.165) is 0 Å². The maximum absolute atomic E-state index is 2.27. The summed E-state index contributed by atoms with van der Waals surface area (Å²) in [6.45, 7) is 2.23. The fourth-order valence-electron chi connectivity index (χ4n) is 0.882. The van der Waals surface area contributed by atoms with Crippen molar-refractivity contribution in [2.75, 3.05) is 0 Å². The monoisotopic (exact) mass is 433 g/mol. The fraction of sp³-hybridized carbons (Fsp3) is 0.429. The van der Waals surface area contributed by atoms with Gasteiger partial charge in [-0.25, -0.2) is 0 Å². The molecule has 1 aliphatic carbocycles. The van der Waals surface area contributed by atoms with Gasteiger partial charge < -0.3 is 0 Å². The third-order valence-corrected chi connectivity index (χ3v) is 3.30. The Morgan fingerprint density at radius 1 is 1.50 bits per heavy atom. The molecular formula is C7H11Br2Hf. The second-order valence-corrected chi connectivity index (χ2v) is 4.13. The first-order chi connectivity index (χ1) is 3.84. The Bertz CT molecular complexity index is 150. The summed E-state index contributed by atoms with van der Waals surface area (Å²) < 4.78 is 1.69. The van der Waals surface area contributed by atoms with Gasteiger partial charge in [0.1, 0.15) is 0 Å². The zero-order valence-electron chi connectivity index (χ0n) is 5.89. The van der Waals surface area contributed by atoms with E-state index >= 15 is 0 Å². The molecule has 0 spiro atoms. The Morgan fingerprint density at radius 3 is 2.30 bits per heavy atom. The molecule has 0 saturated heterocycles. The molecule has 0 saturated carbocycles. The van der Waals surface area contributed by atoms with Crippen molar-refractivity contribution in [3.8, 4) is 0 Å². The molecule has 0 nitrogen and oxygen atoms in total. The van der Waals surface area contributed by atoms with Crippen LogP contribution in [-0.4, -0.2) is 0 Å². The average Bonchev–Trinajstić information content (AvgIpc) is 2.14. The van der Waals surface area contributed by atoms with Gasteiger partial charge in [-0.3, -0.25) is 0 Å². The average molecular weight is 433 g/mol. The number of hydrogen-bond acceptors (Lipinski definition) is 0. The first-order valence-corrected chi connectivity index (χ1v) is 4.74. The van der Waals surface area contributed by atoms with Crippen LogP contribution in [0.3, 0.4) is 0 Å². The van der Waals surface area contributed by atoms with Crippen LogP contribution in [-0.2, 0) is 24.4 Å². The zero-order chi connectivity index (χ0) is 5.98.